The number of aliphatic hydroxyl groups excluding tert-OH is 1. The predicted molar refractivity (Wildman–Crippen MR) is 115 cm³/mol. The Labute approximate surface area is 174 Å². The van der Waals surface area contributed by atoms with Gasteiger partial charge in [-0.2, -0.15) is 0 Å². The molecular formula is C23H36N2O4. The molecule has 2 atom stereocenters. The molecule has 162 valence electrons. The van der Waals surface area contributed by atoms with Crippen LogP contribution in [0.5, 0.6) is 0 Å². The van der Waals surface area contributed by atoms with Gasteiger partial charge in [0.2, 0.25) is 5.91 Å². The topological polar surface area (TPSA) is 78.9 Å². The Morgan fingerprint density at radius 3 is 2.93 bits per heavy atom. The van der Waals surface area contributed by atoms with Crippen LogP contribution in [0.4, 0.5) is 0 Å². The molecule has 0 unspecified atom stereocenters. The van der Waals surface area contributed by atoms with Crippen LogP contribution in [0.2, 0.25) is 0 Å². The number of unbranched alkanes of at least 4 members (excludes halogenated alkanes) is 1. The highest BCUT2D eigenvalue weighted by molar-refractivity contribution is 6.07. The molecule has 1 amide bonds. The molecule has 2 rings (SSSR count). The van der Waals surface area contributed by atoms with E-state index in [4.69, 9.17) is 4.74 Å². The second-order valence-corrected chi connectivity index (χ2v) is 7.67. The van der Waals surface area contributed by atoms with Gasteiger partial charge in [-0.25, -0.2) is 0 Å². The molecule has 6 heteroatoms. The highest BCUT2D eigenvalue weighted by atomic mass is 16.5. The molecule has 0 bridgehead atoms. The first-order valence-electron chi connectivity index (χ1n) is 10.9. The van der Waals surface area contributed by atoms with E-state index in [1.165, 1.54) is 0 Å². The zero-order valence-electron chi connectivity index (χ0n) is 17.6. The monoisotopic (exact) mass is 404 g/mol. The van der Waals surface area contributed by atoms with Crippen molar-refractivity contribution in [3.8, 4) is 0 Å². The minimum absolute atomic E-state index is 0.0556. The van der Waals surface area contributed by atoms with E-state index in [2.05, 4.69) is 22.4 Å². The van der Waals surface area contributed by atoms with Crippen LogP contribution in [0, 0.1) is 5.92 Å². The van der Waals surface area contributed by atoms with Crippen LogP contribution < -0.4 is 5.32 Å². The Balaban J connectivity index is 1.68. The minimum Gasteiger partial charge on any atom is -0.393 e. The lowest BCUT2D eigenvalue weighted by Gasteiger charge is -2.27. The Kier molecular flexibility index (Phi) is 10.9. The van der Waals surface area contributed by atoms with Gasteiger partial charge in [0.15, 0.2) is 5.78 Å². The Morgan fingerprint density at radius 1 is 1.38 bits per heavy atom. The van der Waals surface area contributed by atoms with Crippen LogP contribution in [-0.4, -0.2) is 67.2 Å². The number of hydrogen-bond donors (Lipinski definition) is 2. The number of carbonyl (C=O) groups is 2. The number of hydrogen-bond acceptors (Lipinski definition) is 5. The van der Waals surface area contributed by atoms with Crippen molar-refractivity contribution in [2.45, 2.75) is 51.6 Å². The van der Waals surface area contributed by atoms with Crippen LogP contribution in [0.15, 0.2) is 36.0 Å². The fraction of sp³-hybridized carbons (Fsp3) is 0.652. The van der Waals surface area contributed by atoms with Crippen LogP contribution in [-0.2, 0) is 14.3 Å². The molecule has 0 aromatic rings. The maximum Gasteiger partial charge on any atom is 0.219 e. The number of ketones is 1. The summed E-state index contributed by atoms with van der Waals surface area (Å²) >= 11 is 0. The van der Waals surface area contributed by atoms with Gasteiger partial charge in [-0.1, -0.05) is 24.3 Å². The highest BCUT2D eigenvalue weighted by Gasteiger charge is 2.22. The van der Waals surface area contributed by atoms with E-state index in [-0.39, 0.29) is 17.6 Å². The van der Waals surface area contributed by atoms with Crippen LogP contribution in [0.1, 0.15) is 45.4 Å². The van der Waals surface area contributed by atoms with E-state index >= 15 is 0 Å². The summed E-state index contributed by atoms with van der Waals surface area (Å²) in [6, 6.07) is 0. The van der Waals surface area contributed by atoms with Crippen molar-refractivity contribution in [3.05, 3.63) is 36.0 Å². The van der Waals surface area contributed by atoms with Crippen molar-refractivity contribution in [3.63, 3.8) is 0 Å². The van der Waals surface area contributed by atoms with Crippen molar-refractivity contribution in [1.82, 2.24) is 10.2 Å². The summed E-state index contributed by atoms with van der Waals surface area (Å²) in [5.41, 5.74) is 0.794. The van der Waals surface area contributed by atoms with Crippen LogP contribution in [0.3, 0.4) is 0 Å². The lowest BCUT2D eigenvalue weighted by Crippen LogP contribution is -2.37. The number of allylic oxidation sites excluding steroid dienone is 5. The van der Waals surface area contributed by atoms with E-state index in [1.807, 2.05) is 19.1 Å². The largest absolute Gasteiger partial charge is 0.393 e. The maximum atomic E-state index is 12.1. The number of morpholine rings is 1. The first-order valence-corrected chi connectivity index (χ1v) is 10.9. The molecule has 1 aliphatic heterocycles. The zero-order chi connectivity index (χ0) is 20.9. The number of amides is 1. The second kappa shape index (κ2) is 13.5. The summed E-state index contributed by atoms with van der Waals surface area (Å²) in [5.74, 6) is 0.246. The van der Waals surface area contributed by atoms with E-state index in [1.54, 1.807) is 6.08 Å². The standard InChI is InChI=1S/C23H36N2O4/c1-2-24-23(28)8-6-4-3-5-7-19-9-12-22(27)21(19)11-10-20(26)13-14-25-15-17-29-18-16-25/h3,5,9,11-12,19-20,26H,2,4,6-8,10,13-18H2,1H3,(H,24,28)/b5-3-,21-11+/t19-,20+/m0/s1. The molecule has 0 saturated carbocycles. The summed E-state index contributed by atoms with van der Waals surface area (Å²) in [4.78, 5) is 25.9. The molecule has 2 N–H and O–H groups in total. The zero-order valence-corrected chi connectivity index (χ0v) is 17.6. The summed E-state index contributed by atoms with van der Waals surface area (Å²) in [6.07, 6.45) is 13.5. The Bertz CT molecular complexity index is 606. The first kappa shape index (κ1) is 23.5. The van der Waals surface area contributed by atoms with Gasteiger partial charge in [0.1, 0.15) is 0 Å². The molecule has 1 fully saturated rings. The van der Waals surface area contributed by atoms with Crippen LogP contribution in [0.25, 0.3) is 0 Å². The van der Waals surface area contributed by atoms with Crippen molar-refractivity contribution < 1.29 is 19.4 Å². The summed E-state index contributed by atoms with van der Waals surface area (Å²) < 4.78 is 5.34. The molecule has 0 radical (unpaired) electrons. The van der Waals surface area contributed by atoms with Gasteiger partial charge in [-0.15, -0.1) is 0 Å². The van der Waals surface area contributed by atoms with E-state index < -0.39 is 6.10 Å². The quantitative estimate of drug-likeness (QED) is 0.297. The Morgan fingerprint density at radius 2 is 2.17 bits per heavy atom. The second-order valence-electron chi connectivity index (χ2n) is 7.67. The third-order valence-electron chi connectivity index (χ3n) is 5.36. The molecule has 0 aromatic heterocycles. The smallest absolute Gasteiger partial charge is 0.219 e. The number of nitrogens with one attached hydrogen (secondary N) is 1. The summed E-state index contributed by atoms with van der Waals surface area (Å²) in [7, 11) is 0. The number of rotatable bonds is 12. The first-order chi connectivity index (χ1) is 14.1. The third kappa shape index (κ3) is 9.07. The van der Waals surface area contributed by atoms with E-state index in [0.29, 0.717) is 25.8 Å². The van der Waals surface area contributed by atoms with Gasteiger partial charge in [0.05, 0.1) is 19.3 Å². The van der Waals surface area contributed by atoms with Crippen LogP contribution >= 0.6 is 0 Å². The van der Waals surface area contributed by atoms with Gasteiger partial charge >= 0.3 is 0 Å². The number of nitrogens with zero attached hydrogens (tertiary/aromatic N) is 1. The molecule has 29 heavy (non-hydrogen) atoms. The lowest BCUT2D eigenvalue weighted by atomic mass is 9.96. The average molecular weight is 405 g/mol. The van der Waals surface area contributed by atoms with Gasteiger partial charge in [-0.3, -0.25) is 14.5 Å². The molecule has 1 aliphatic carbocycles. The molecule has 1 saturated heterocycles. The normalized spacial score (nSPS) is 22.6. The fourth-order valence-electron chi connectivity index (χ4n) is 3.61. The summed E-state index contributed by atoms with van der Waals surface area (Å²) in [5, 5.41) is 13.1. The number of carbonyl (C=O) groups excluding carboxylic acids is 2. The molecular weight excluding hydrogens is 368 g/mol. The summed E-state index contributed by atoms with van der Waals surface area (Å²) in [6.45, 7) is 6.84. The SMILES string of the molecule is CCNC(=O)CCC/C=C\C[C@H]1C=CC(=O)/C1=C/C[C@@H](O)CCN1CCOCC1. The number of ether oxygens (including phenoxy) is 1. The van der Waals surface area contributed by atoms with Crippen molar-refractivity contribution >= 4 is 11.7 Å². The van der Waals surface area contributed by atoms with Crippen molar-refractivity contribution in [1.29, 1.82) is 0 Å². The van der Waals surface area contributed by atoms with Gasteiger partial charge in [0.25, 0.3) is 0 Å². The molecule has 2 aliphatic rings. The van der Waals surface area contributed by atoms with Gasteiger partial charge in [0, 0.05) is 44.1 Å². The third-order valence-corrected chi connectivity index (χ3v) is 5.36. The minimum atomic E-state index is -0.427. The maximum absolute atomic E-state index is 12.1. The predicted octanol–water partition coefficient (Wildman–Crippen LogP) is 2.39. The van der Waals surface area contributed by atoms with E-state index in [0.717, 1.165) is 57.7 Å². The molecule has 1 heterocycles. The van der Waals surface area contributed by atoms with Crippen molar-refractivity contribution in [2.75, 3.05) is 39.4 Å². The van der Waals surface area contributed by atoms with E-state index in [9.17, 15) is 14.7 Å². The highest BCUT2D eigenvalue weighted by Crippen LogP contribution is 2.26. The van der Waals surface area contributed by atoms with Gasteiger partial charge in [-0.05, 0) is 45.1 Å². The number of aliphatic hydroxyl groups is 1. The van der Waals surface area contributed by atoms with Crippen molar-refractivity contribution in [2.24, 2.45) is 5.92 Å². The lowest BCUT2D eigenvalue weighted by molar-refractivity contribution is -0.121. The Hall–Kier alpha value is -1.76. The van der Waals surface area contributed by atoms with Gasteiger partial charge < -0.3 is 15.2 Å². The average Bonchev–Trinajstić information content (AvgIpc) is 3.08. The molecule has 0 spiro atoms. The molecule has 0 aromatic carbocycles. The molecule has 6 nitrogen and oxygen atoms in total. The fourth-order valence-corrected chi connectivity index (χ4v) is 3.61.